The van der Waals surface area contributed by atoms with Crippen molar-refractivity contribution in [2.45, 2.75) is 0 Å². The number of ether oxygens (including phenoxy) is 1. The van der Waals surface area contributed by atoms with Gasteiger partial charge in [-0.05, 0) is 31.3 Å². The van der Waals surface area contributed by atoms with Gasteiger partial charge >= 0.3 is 5.97 Å². The third-order valence-electron chi connectivity index (χ3n) is 3.04. The van der Waals surface area contributed by atoms with E-state index in [9.17, 15) is 4.79 Å². The first-order chi connectivity index (χ1) is 8.19. The van der Waals surface area contributed by atoms with Crippen LogP contribution in [0.15, 0.2) is 24.3 Å². The van der Waals surface area contributed by atoms with E-state index in [-0.39, 0.29) is 5.97 Å². The fourth-order valence-electron chi connectivity index (χ4n) is 2.06. The molecule has 0 aliphatic carbocycles. The molecule has 0 aromatic heterocycles. The van der Waals surface area contributed by atoms with Crippen molar-refractivity contribution in [2.75, 3.05) is 39.1 Å². The van der Waals surface area contributed by atoms with E-state index in [4.69, 9.17) is 0 Å². The molecule has 0 radical (unpaired) electrons. The molecule has 0 saturated carbocycles. The van der Waals surface area contributed by atoms with E-state index in [2.05, 4.69) is 22.0 Å². The lowest BCUT2D eigenvalue weighted by Crippen LogP contribution is -2.46. The van der Waals surface area contributed by atoms with Crippen molar-refractivity contribution >= 4 is 11.7 Å². The summed E-state index contributed by atoms with van der Waals surface area (Å²) in [6.45, 7) is 3.31. The monoisotopic (exact) mass is 234 g/mol. The Balaban J connectivity index is 1.83. The minimum Gasteiger partial charge on any atom is -0.465 e. The fourth-order valence-corrected chi connectivity index (χ4v) is 2.06. The van der Waals surface area contributed by atoms with E-state index in [1.807, 2.05) is 12.1 Å². The number of anilines is 1. The first kappa shape index (κ1) is 11.9. The molecule has 1 fully saturated rings. The SMILES string of the molecule is COC(=O)c1ccc(NCC2CN(C)C2)cc1. The maximum atomic E-state index is 11.2. The number of likely N-dealkylation sites (tertiary alicyclic amines) is 1. The highest BCUT2D eigenvalue weighted by molar-refractivity contribution is 5.89. The van der Waals surface area contributed by atoms with Crippen molar-refractivity contribution in [1.29, 1.82) is 0 Å². The number of methoxy groups -OCH3 is 1. The Morgan fingerprint density at radius 3 is 2.59 bits per heavy atom. The molecule has 4 nitrogen and oxygen atoms in total. The van der Waals surface area contributed by atoms with Crippen molar-refractivity contribution in [1.82, 2.24) is 4.90 Å². The summed E-state index contributed by atoms with van der Waals surface area (Å²) in [6, 6.07) is 7.38. The predicted octanol–water partition coefficient (Wildman–Crippen LogP) is 1.45. The zero-order chi connectivity index (χ0) is 12.3. The topological polar surface area (TPSA) is 41.6 Å². The maximum Gasteiger partial charge on any atom is 0.337 e. The van der Waals surface area contributed by atoms with Crippen molar-refractivity contribution in [3.63, 3.8) is 0 Å². The maximum absolute atomic E-state index is 11.2. The molecule has 17 heavy (non-hydrogen) atoms. The minimum absolute atomic E-state index is 0.294. The van der Waals surface area contributed by atoms with Crippen LogP contribution in [-0.4, -0.2) is 44.7 Å². The Kier molecular flexibility index (Phi) is 3.64. The molecule has 0 amide bonds. The number of nitrogens with one attached hydrogen (secondary N) is 1. The zero-order valence-electron chi connectivity index (χ0n) is 10.3. The van der Waals surface area contributed by atoms with E-state index in [0.29, 0.717) is 5.56 Å². The van der Waals surface area contributed by atoms with Crippen LogP contribution in [0.4, 0.5) is 5.69 Å². The summed E-state index contributed by atoms with van der Waals surface area (Å²) >= 11 is 0. The second kappa shape index (κ2) is 5.19. The van der Waals surface area contributed by atoms with Gasteiger partial charge in [0.05, 0.1) is 12.7 Å². The van der Waals surface area contributed by atoms with Crippen LogP contribution in [0.1, 0.15) is 10.4 Å². The molecule has 1 aliphatic heterocycles. The number of esters is 1. The number of hydrogen-bond donors (Lipinski definition) is 1. The summed E-state index contributed by atoms with van der Waals surface area (Å²) in [6.07, 6.45) is 0. The third kappa shape index (κ3) is 2.97. The van der Waals surface area contributed by atoms with Crippen LogP contribution in [0, 0.1) is 5.92 Å². The molecule has 1 saturated heterocycles. The number of hydrogen-bond acceptors (Lipinski definition) is 4. The Morgan fingerprint density at radius 1 is 1.41 bits per heavy atom. The molecule has 92 valence electrons. The lowest BCUT2D eigenvalue weighted by atomic mass is 10.0. The van der Waals surface area contributed by atoms with Gasteiger partial charge in [-0.25, -0.2) is 4.79 Å². The van der Waals surface area contributed by atoms with Crippen molar-refractivity contribution in [3.05, 3.63) is 29.8 Å². The molecule has 1 heterocycles. The molecule has 2 rings (SSSR count). The van der Waals surface area contributed by atoms with E-state index >= 15 is 0 Å². The van der Waals surface area contributed by atoms with Crippen molar-refractivity contribution in [3.8, 4) is 0 Å². The van der Waals surface area contributed by atoms with Gasteiger partial charge in [0, 0.05) is 31.2 Å². The molecular weight excluding hydrogens is 216 g/mol. The third-order valence-corrected chi connectivity index (χ3v) is 3.04. The van der Waals surface area contributed by atoms with Crippen LogP contribution in [0.25, 0.3) is 0 Å². The normalized spacial score (nSPS) is 16.4. The van der Waals surface area contributed by atoms with E-state index in [1.54, 1.807) is 12.1 Å². The van der Waals surface area contributed by atoms with Crippen LogP contribution in [0.2, 0.25) is 0 Å². The Bertz CT molecular complexity index is 383. The fraction of sp³-hybridized carbons (Fsp3) is 0.462. The number of carbonyl (C=O) groups excluding carboxylic acids is 1. The van der Waals surface area contributed by atoms with Gasteiger partial charge in [-0.1, -0.05) is 0 Å². The Morgan fingerprint density at radius 2 is 2.06 bits per heavy atom. The number of carbonyl (C=O) groups is 1. The molecule has 4 heteroatoms. The van der Waals surface area contributed by atoms with Gasteiger partial charge in [-0.3, -0.25) is 0 Å². The quantitative estimate of drug-likeness (QED) is 0.801. The Labute approximate surface area is 102 Å². The van der Waals surface area contributed by atoms with Crippen LogP contribution in [0.5, 0.6) is 0 Å². The summed E-state index contributed by atoms with van der Waals surface area (Å²) in [7, 11) is 3.52. The van der Waals surface area contributed by atoms with Crippen LogP contribution < -0.4 is 5.32 Å². The van der Waals surface area contributed by atoms with Gasteiger partial charge in [0.15, 0.2) is 0 Å². The van der Waals surface area contributed by atoms with E-state index in [1.165, 1.54) is 7.11 Å². The van der Waals surface area contributed by atoms with Gasteiger partial charge in [-0.2, -0.15) is 0 Å². The predicted molar refractivity (Wildman–Crippen MR) is 67.3 cm³/mol. The second-order valence-corrected chi connectivity index (χ2v) is 4.54. The number of nitrogens with zero attached hydrogens (tertiary/aromatic N) is 1. The smallest absolute Gasteiger partial charge is 0.337 e. The van der Waals surface area contributed by atoms with Crippen LogP contribution in [-0.2, 0) is 4.74 Å². The lowest BCUT2D eigenvalue weighted by molar-refractivity contribution is 0.0601. The van der Waals surface area contributed by atoms with Crippen molar-refractivity contribution < 1.29 is 9.53 Å². The number of rotatable bonds is 4. The van der Waals surface area contributed by atoms with Crippen LogP contribution >= 0.6 is 0 Å². The van der Waals surface area contributed by atoms with E-state index in [0.717, 1.165) is 31.2 Å². The first-order valence-corrected chi connectivity index (χ1v) is 5.80. The average Bonchev–Trinajstić information content (AvgIpc) is 2.33. The molecule has 0 bridgehead atoms. The summed E-state index contributed by atoms with van der Waals surface area (Å²) in [4.78, 5) is 13.5. The molecule has 0 spiro atoms. The highest BCUT2D eigenvalue weighted by atomic mass is 16.5. The van der Waals surface area contributed by atoms with Gasteiger partial charge in [-0.15, -0.1) is 0 Å². The first-order valence-electron chi connectivity index (χ1n) is 5.80. The van der Waals surface area contributed by atoms with Gasteiger partial charge in [0.1, 0.15) is 0 Å². The van der Waals surface area contributed by atoms with Gasteiger partial charge in [0.25, 0.3) is 0 Å². The zero-order valence-corrected chi connectivity index (χ0v) is 10.3. The minimum atomic E-state index is -0.294. The van der Waals surface area contributed by atoms with Crippen molar-refractivity contribution in [2.24, 2.45) is 5.92 Å². The molecule has 0 atom stereocenters. The molecule has 1 aromatic rings. The van der Waals surface area contributed by atoms with Gasteiger partial charge in [0.2, 0.25) is 0 Å². The largest absolute Gasteiger partial charge is 0.465 e. The van der Waals surface area contributed by atoms with E-state index < -0.39 is 0 Å². The van der Waals surface area contributed by atoms with Crippen LogP contribution in [0.3, 0.4) is 0 Å². The summed E-state index contributed by atoms with van der Waals surface area (Å²) in [5, 5.41) is 3.37. The molecule has 0 unspecified atom stereocenters. The molecular formula is C13H18N2O2. The highest BCUT2D eigenvalue weighted by Crippen LogP contribution is 2.15. The molecule has 1 aliphatic rings. The lowest BCUT2D eigenvalue weighted by Gasteiger charge is -2.36. The Hall–Kier alpha value is -1.55. The second-order valence-electron chi connectivity index (χ2n) is 4.54. The standard InChI is InChI=1S/C13H18N2O2/c1-15-8-10(9-15)7-14-12-5-3-11(4-6-12)13(16)17-2/h3-6,10,14H,7-9H2,1-2H3. The summed E-state index contributed by atoms with van der Waals surface area (Å²) < 4.78 is 4.65. The van der Waals surface area contributed by atoms with Gasteiger partial charge < -0.3 is 15.0 Å². The highest BCUT2D eigenvalue weighted by Gasteiger charge is 2.22. The molecule has 1 aromatic carbocycles. The average molecular weight is 234 g/mol. The summed E-state index contributed by atoms with van der Waals surface area (Å²) in [5.41, 5.74) is 1.63. The number of benzene rings is 1. The summed E-state index contributed by atoms with van der Waals surface area (Å²) in [5.74, 6) is 0.442. The molecule has 1 N–H and O–H groups in total.